The first kappa shape index (κ1) is 10.3. The van der Waals surface area contributed by atoms with Crippen LogP contribution in [-0.4, -0.2) is 18.0 Å². The van der Waals surface area contributed by atoms with Gasteiger partial charge in [-0.25, -0.2) is 0 Å². The summed E-state index contributed by atoms with van der Waals surface area (Å²) in [6.45, 7) is 4.27. The summed E-state index contributed by atoms with van der Waals surface area (Å²) < 4.78 is 5.30. The van der Waals surface area contributed by atoms with E-state index in [1.165, 1.54) is 12.8 Å². The van der Waals surface area contributed by atoms with Gasteiger partial charge >= 0.3 is 0 Å². The fourth-order valence-electron chi connectivity index (χ4n) is 2.06. The zero-order valence-corrected chi connectivity index (χ0v) is 9.02. The van der Waals surface area contributed by atoms with E-state index in [9.17, 15) is 0 Å². The number of hydrogen-bond donors (Lipinski definition) is 0. The molecule has 0 N–H and O–H groups in total. The van der Waals surface area contributed by atoms with E-state index < -0.39 is 0 Å². The second-order valence-electron chi connectivity index (χ2n) is 4.27. The molecule has 3 nitrogen and oxygen atoms in total. The number of nitrogens with zero attached hydrogens (tertiary/aromatic N) is 2. The average Bonchev–Trinajstić information content (AvgIpc) is 2.75. The molecule has 0 unspecified atom stereocenters. The SMILES string of the molecule is CC1CCN([C@@H](C#N)c2ccco2)CC1. The maximum atomic E-state index is 9.16. The van der Waals surface area contributed by atoms with Gasteiger partial charge in [0.05, 0.1) is 12.3 Å². The Morgan fingerprint density at radius 3 is 2.80 bits per heavy atom. The molecule has 1 saturated heterocycles. The Labute approximate surface area is 90.3 Å². The molecule has 1 aromatic rings. The smallest absolute Gasteiger partial charge is 0.156 e. The molecule has 2 heterocycles. The summed E-state index contributed by atoms with van der Waals surface area (Å²) in [5.41, 5.74) is 0. The van der Waals surface area contributed by atoms with Crippen LogP contribution in [0, 0.1) is 17.2 Å². The van der Waals surface area contributed by atoms with Crippen LogP contribution in [0.25, 0.3) is 0 Å². The van der Waals surface area contributed by atoms with Crippen LogP contribution in [0.5, 0.6) is 0 Å². The summed E-state index contributed by atoms with van der Waals surface area (Å²) in [6, 6.07) is 5.84. The largest absolute Gasteiger partial charge is 0.467 e. The van der Waals surface area contributed by atoms with Crippen molar-refractivity contribution in [1.82, 2.24) is 4.90 Å². The van der Waals surface area contributed by atoms with E-state index in [2.05, 4.69) is 17.9 Å². The predicted octanol–water partition coefficient (Wildman–Crippen LogP) is 2.58. The number of likely N-dealkylation sites (tertiary alicyclic amines) is 1. The Hall–Kier alpha value is -1.27. The summed E-state index contributed by atoms with van der Waals surface area (Å²) in [7, 11) is 0. The Balaban J connectivity index is 2.05. The molecule has 1 aliphatic rings. The first-order chi connectivity index (χ1) is 7.31. The highest BCUT2D eigenvalue weighted by atomic mass is 16.3. The van der Waals surface area contributed by atoms with Crippen molar-refractivity contribution in [2.24, 2.45) is 5.92 Å². The van der Waals surface area contributed by atoms with Crippen molar-refractivity contribution in [1.29, 1.82) is 5.26 Å². The average molecular weight is 204 g/mol. The zero-order valence-electron chi connectivity index (χ0n) is 9.02. The molecule has 2 rings (SSSR count). The van der Waals surface area contributed by atoms with Crippen molar-refractivity contribution in [3.05, 3.63) is 24.2 Å². The van der Waals surface area contributed by atoms with Gasteiger partial charge in [-0.2, -0.15) is 5.26 Å². The molecule has 0 aromatic carbocycles. The van der Waals surface area contributed by atoms with Crippen molar-refractivity contribution in [3.63, 3.8) is 0 Å². The van der Waals surface area contributed by atoms with Crippen LogP contribution < -0.4 is 0 Å². The molecule has 3 heteroatoms. The van der Waals surface area contributed by atoms with Crippen molar-refractivity contribution in [2.45, 2.75) is 25.8 Å². The van der Waals surface area contributed by atoms with Crippen molar-refractivity contribution >= 4 is 0 Å². The highest BCUT2D eigenvalue weighted by molar-refractivity contribution is 5.13. The quantitative estimate of drug-likeness (QED) is 0.743. The van der Waals surface area contributed by atoms with E-state index in [1.54, 1.807) is 6.26 Å². The van der Waals surface area contributed by atoms with Gasteiger partial charge in [0.25, 0.3) is 0 Å². The third kappa shape index (κ3) is 2.21. The lowest BCUT2D eigenvalue weighted by Crippen LogP contribution is -2.35. The molecule has 1 fully saturated rings. The predicted molar refractivity (Wildman–Crippen MR) is 57.0 cm³/mol. The maximum Gasteiger partial charge on any atom is 0.156 e. The van der Waals surface area contributed by atoms with Crippen molar-refractivity contribution in [3.8, 4) is 6.07 Å². The van der Waals surface area contributed by atoms with Crippen molar-refractivity contribution < 1.29 is 4.42 Å². The normalized spacial score (nSPS) is 21.1. The van der Waals surface area contributed by atoms with E-state index in [4.69, 9.17) is 9.68 Å². The minimum atomic E-state index is -0.201. The van der Waals surface area contributed by atoms with Gasteiger partial charge in [-0.3, -0.25) is 4.90 Å². The van der Waals surface area contributed by atoms with Gasteiger partial charge in [0.2, 0.25) is 0 Å². The second-order valence-corrected chi connectivity index (χ2v) is 4.27. The van der Waals surface area contributed by atoms with Crippen LogP contribution >= 0.6 is 0 Å². The van der Waals surface area contributed by atoms with E-state index in [0.29, 0.717) is 0 Å². The molecule has 0 radical (unpaired) electrons. The molecule has 80 valence electrons. The third-order valence-corrected chi connectivity index (χ3v) is 3.12. The fourth-order valence-corrected chi connectivity index (χ4v) is 2.06. The van der Waals surface area contributed by atoms with Crippen LogP contribution in [0.1, 0.15) is 31.6 Å². The van der Waals surface area contributed by atoms with Gasteiger partial charge in [0, 0.05) is 13.1 Å². The maximum absolute atomic E-state index is 9.16. The summed E-state index contributed by atoms with van der Waals surface area (Å²) in [5.74, 6) is 1.56. The van der Waals surface area contributed by atoms with Crippen molar-refractivity contribution in [2.75, 3.05) is 13.1 Å². The Bertz CT molecular complexity index is 331. The van der Waals surface area contributed by atoms with Gasteiger partial charge in [0.15, 0.2) is 6.04 Å². The van der Waals surface area contributed by atoms with E-state index in [0.717, 1.165) is 24.8 Å². The standard InChI is InChI=1S/C12H16N2O/c1-10-4-6-14(7-5-10)11(9-13)12-3-2-8-15-12/h2-3,8,10-11H,4-7H2,1H3/t11-/m0/s1. The minimum absolute atomic E-state index is 0.201. The summed E-state index contributed by atoms with van der Waals surface area (Å²) >= 11 is 0. The van der Waals surface area contributed by atoms with Gasteiger partial charge in [-0.15, -0.1) is 0 Å². The lowest BCUT2D eigenvalue weighted by Gasteiger charge is -2.32. The summed E-state index contributed by atoms with van der Waals surface area (Å²) in [6.07, 6.45) is 3.99. The molecule has 1 aliphatic heterocycles. The first-order valence-electron chi connectivity index (χ1n) is 5.48. The number of rotatable bonds is 2. The molecule has 0 saturated carbocycles. The molecule has 0 aliphatic carbocycles. The van der Waals surface area contributed by atoms with E-state index in [-0.39, 0.29) is 6.04 Å². The Morgan fingerprint density at radius 2 is 2.27 bits per heavy atom. The van der Waals surface area contributed by atoms with E-state index in [1.807, 2.05) is 12.1 Å². The topological polar surface area (TPSA) is 40.2 Å². The molecule has 15 heavy (non-hydrogen) atoms. The number of piperidine rings is 1. The van der Waals surface area contributed by atoms with Crippen LogP contribution in [0.3, 0.4) is 0 Å². The van der Waals surface area contributed by atoms with Gasteiger partial charge < -0.3 is 4.42 Å². The van der Waals surface area contributed by atoms with Crippen LogP contribution in [0.4, 0.5) is 0 Å². The number of furan rings is 1. The molecular formula is C12H16N2O. The van der Waals surface area contributed by atoms with Gasteiger partial charge in [-0.05, 0) is 30.9 Å². The molecule has 0 amide bonds. The molecule has 1 atom stereocenters. The zero-order chi connectivity index (χ0) is 10.7. The molecule has 0 spiro atoms. The Morgan fingerprint density at radius 1 is 1.53 bits per heavy atom. The fraction of sp³-hybridized carbons (Fsp3) is 0.583. The van der Waals surface area contributed by atoms with Gasteiger partial charge in [0.1, 0.15) is 5.76 Å². The second kappa shape index (κ2) is 4.50. The monoisotopic (exact) mass is 204 g/mol. The van der Waals surface area contributed by atoms with Crippen LogP contribution in [0.15, 0.2) is 22.8 Å². The van der Waals surface area contributed by atoms with Gasteiger partial charge in [-0.1, -0.05) is 6.92 Å². The molecule has 0 bridgehead atoms. The highest BCUT2D eigenvalue weighted by Gasteiger charge is 2.25. The lowest BCUT2D eigenvalue weighted by atomic mass is 9.98. The first-order valence-corrected chi connectivity index (χ1v) is 5.48. The number of nitriles is 1. The summed E-state index contributed by atoms with van der Waals surface area (Å²) in [5, 5.41) is 9.16. The minimum Gasteiger partial charge on any atom is -0.467 e. The highest BCUT2D eigenvalue weighted by Crippen LogP contribution is 2.26. The number of hydrogen-bond acceptors (Lipinski definition) is 3. The van der Waals surface area contributed by atoms with Crippen LogP contribution in [0.2, 0.25) is 0 Å². The third-order valence-electron chi connectivity index (χ3n) is 3.12. The lowest BCUT2D eigenvalue weighted by molar-refractivity contribution is 0.152. The molecular weight excluding hydrogens is 188 g/mol. The Kier molecular flexibility index (Phi) is 3.08. The summed E-state index contributed by atoms with van der Waals surface area (Å²) in [4.78, 5) is 2.21. The molecule has 1 aromatic heterocycles. The van der Waals surface area contributed by atoms with Crippen LogP contribution in [-0.2, 0) is 0 Å². The van der Waals surface area contributed by atoms with E-state index >= 15 is 0 Å².